The molecule has 0 spiro atoms. The van der Waals surface area contributed by atoms with Crippen molar-refractivity contribution in [2.24, 2.45) is 0 Å². The number of ether oxygens (including phenoxy) is 2. The molecular formula is C20H16Co2O9. The van der Waals surface area contributed by atoms with Crippen molar-refractivity contribution in [3.05, 3.63) is 88.5 Å². The van der Waals surface area contributed by atoms with Crippen LogP contribution in [0.5, 0.6) is 0 Å². The Hall–Kier alpha value is -2.15. The van der Waals surface area contributed by atoms with E-state index in [4.69, 9.17) is 37.4 Å². The summed E-state index contributed by atoms with van der Waals surface area (Å²) >= 11 is 0. The number of aliphatic hydroxyl groups is 1. The third-order valence-electron chi connectivity index (χ3n) is 2.06. The molecule has 31 heavy (non-hydrogen) atoms. The van der Waals surface area contributed by atoms with E-state index in [1.165, 1.54) is 13.2 Å². The Morgan fingerprint density at radius 2 is 1.29 bits per heavy atom. The first-order valence-corrected chi connectivity index (χ1v) is 6.48. The fourth-order valence-electron chi connectivity index (χ4n) is 1.20. The molecule has 0 saturated heterocycles. The number of benzene rings is 1. The molecule has 1 aromatic rings. The molecule has 0 amide bonds. The first kappa shape index (κ1) is 51.5. The van der Waals surface area contributed by atoms with Gasteiger partial charge in [-0.25, -0.2) is 0 Å². The van der Waals surface area contributed by atoms with Crippen LogP contribution in [0, 0.1) is 51.7 Å². The number of rotatable bonds is 5. The van der Waals surface area contributed by atoms with Crippen molar-refractivity contribution in [3.63, 3.8) is 0 Å². The maximum Gasteiger partial charge on any atom is 0 e. The fourth-order valence-corrected chi connectivity index (χ4v) is 1.20. The van der Waals surface area contributed by atoms with Gasteiger partial charge < -0.3 is 14.6 Å². The van der Waals surface area contributed by atoms with Gasteiger partial charge in [0.2, 0.25) is 0 Å². The van der Waals surface area contributed by atoms with E-state index >= 15 is 0 Å². The van der Waals surface area contributed by atoms with E-state index in [1.807, 2.05) is 30.3 Å². The Labute approximate surface area is 202 Å². The van der Waals surface area contributed by atoms with Gasteiger partial charge in [-0.15, -0.1) is 6.58 Å². The fraction of sp³-hybridized carbons (Fsp3) is 0.200. The minimum absolute atomic E-state index is 0. The zero-order chi connectivity index (χ0) is 24.5. The number of methoxy groups -OCH3 is 1. The van der Waals surface area contributed by atoms with Crippen LogP contribution in [0.4, 0.5) is 0 Å². The monoisotopic (exact) mass is 518 g/mol. The molecule has 11 heteroatoms. The van der Waals surface area contributed by atoms with E-state index in [9.17, 15) is 5.11 Å². The second-order valence-electron chi connectivity index (χ2n) is 3.35. The molecule has 1 aromatic carbocycles. The van der Waals surface area contributed by atoms with E-state index in [0.717, 1.165) is 5.56 Å². The molecule has 1 rings (SSSR count). The topological polar surface area (TPSA) is 158 Å². The molecule has 0 aliphatic carbocycles. The van der Waals surface area contributed by atoms with Gasteiger partial charge in [-0.2, -0.15) is 0 Å². The van der Waals surface area contributed by atoms with Crippen molar-refractivity contribution in [1.29, 1.82) is 0 Å². The molecule has 0 aromatic heterocycles. The van der Waals surface area contributed by atoms with Gasteiger partial charge in [0, 0.05) is 46.2 Å². The largest absolute Gasteiger partial charge is 0 e. The summed E-state index contributed by atoms with van der Waals surface area (Å²) in [5.41, 5.74) is 0.848. The molecule has 0 aliphatic rings. The standard InChI is InChI=1S/C14H16O3.6CO.2Co/c1-3-14(17-11-16-2)13(15)10-9-12-7-5-4-6-8-12;6*1-2;;/h3-8,13-15H,1,11H2,2H3;;;;;;;;/t13-,14-;;;;;;;;/m1......../s1. The molecule has 0 unspecified atom stereocenters. The molecule has 168 valence electrons. The quantitative estimate of drug-likeness (QED) is 0.205. The van der Waals surface area contributed by atoms with Crippen LogP contribution in [0.3, 0.4) is 0 Å². The maximum absolute atomic E-state index is 9.77. The third-order valence-corrected chi connectivity index (χ3v) is 2.06. The van der Waals surface area contributed by atoms with Crippen LogP contribution in [0.2, 0.25) is 0 Å². The van der Waals surface area contributed by atoms with Gasteiger partial charge in [-0.1, -0.05) is 36.1 Å². The van der Waals surface area contributed by atoms with Crippen LogP contribution in [0.25, 0.3) is 0 Å². The van der Waals surface area contributed by atoms with E-state index in [1.54, 1.807) is 0 Å². The Morgan fingerprint density at radius 3 is 1.61 bits per heavy atom. The summed E-state index contributed by atoms with van der Waals surface area (Å²) in [6.07, 6.45) is 0.0395. The second-order valence-corrected chi connectivity index (χ2v) is 3.35. The molecule has 0 aliphatic heterocycles. The van der Waals surface area contributed by atoms with Crippen molar-refractivity contribution in [2.75, 3.05) is 13.9 Å². The van der Waals surface area contributed by atoms with E-state index < -0.39 is 12.2 Å². The van der Waals surface area contributed by atoms with Crippen molar-refractivity contribution >= 4 is 0 Å². The van der Waals surface area contributed by atoms with Crippen LogP contribution in [0.1, 0.15) is 5.56 Å². The predicted molar refractivity (Wildman–Crippen MR) is 89.8 cm³/mol. The molecule has 1 N–H and O–H groups in total. The van der Waals surface area contributed by atoms with Crippen molar-refractivity contribution in [2.45, 2.75) is 12.2 Å². The van der Waals surface area contributed by atoms with Crippen LogP contribution >= 0.6 is 0 Å². The van der Waals surface area contributed by atoms with E-state index in [2.05, 4.69) is 58.3 Å². The Morgan fingerprint density at radius 1 is 0.903 bits per heavy atom. The van der Waals surface area contributed by atoms with Crippen LogP contribution < -0.4 is 0 Å². The Balaban J connectivity index is -0.0000000545. The number of hydrogen-bond acceptors (Lipinski definition) is 3. The van der Waals surface area contributed by atoms with Gasteiger partial charge in [0.25, 0.3) is 0 Å². The first-order chi connectivity index (χ1) is 14.3. The minimum Gasteiger partial charge on any atom is 0 e. The summed E-state index contributed by atoms with van der Waals surface area (Å²) < 4.78 is 55.0. The third kappa shape index (κ3) is 42.8. The zero-order valence-electron chi connectivity index (χ0n) is 15.9. The molecule has 0 bridgehead atoms. The summed E-state index contributed by atoms with van der Waals surface area (Å²) in [6, 6.07) is 9.44. The summed E-state index contributed by atoms with van der Waals surface area (Å²) in [5, 5.41) is 9.77. The normalized spacial score (nSPS) is 7.68. The van der Waals surface area contributed by atoms with Crippen LogP contribution in [-0.4, -0.2) is 31.2 Å². The number of aliphatic hydroxyl groups excluding tert-OH is 1. The van der Waals surface area contributed by atoms with Gasteiger partial charge >= 0.3 is 67.8 Å². The average molecular weight is 518 g/mol. The Bertz CT molecular complexity index is 593. The summed E-state index contributed by atoms with van der Waals surface area (Å²) in [4.78, 5) is 0. The second kappa shape index (κ2) is 63.0. The molecular weight excluding hydrogens is 502 g/mol. The number of hydrogen-bond donors (Lipinski definition) is 1. The van der Waals surface area contributed by atoms with Gasteiger partial charge in [-0.05, 0) is 12.1 Å². The molecule has 0 heterocycles. The summed E-state index contributed by atoms with van der Waals surface area (Å²) in [5.74, 6) is 5.58. The van der Waals surface area contributed by atoms with Crippen molar-refractivity contribution in [1.82, 2.24) is 0 Å². The van der Waals surface area contributed by atoms with E-state index in [0.29, 0.717) is 0 Å². The molecule has 0 fully saturated rings. The van der Waals surface area contributed by atoms with Crippen LogP contribution in [-0.2, 0) is 70.9 Å². The van der Waals surface area contributed by atoms with Gasteiger partial charge in [0.1, 0.15) is 19.0 Å². The first-order valence-electron chi connectivity index (χ1n) is 6.48. The summed E-state index contributed by atoms with van der Waals surface area (Å²) in [6.45, 7) is 30.7. The minimum atomic E-state index is -0.914. The van der Waals surface area contributed by atoms with Gasteiger partial charge in [-0.3, -0.25) is 0 Å². The molecule has 0 saturated carbocycles. The van der Waals surface area contributed by atoms with Crippen LogP contribution in [0.15, 0.2) is 43.0 Å². The van der Waals surface area contributed by atoms with Crippen molar-refractivity contribution < 1.29 is 76.1 Å². The Kier molecular flexibility index (Phi) is 105. The smallest absolute Gasteiger partial charge is 0 e. The van der Waals surface area contributed by atoms with Crippen molar-refractivity contribution in [3.8, 4) is 11.8 Å². The molecule has 2 radical (unpaired) electrons. The van der Waals surface area contributed by atoms with Gasteiger partial charge in [0.15, 0.2) is 0 Å². The van der Waals surface area contributed by atoms with E-state index in [-0.39, 0.29) is 40.4 Å². The average Bonchev–Trinajstić information content (AvgIpc) is 2.86. The maximum atomic E-state index is 9.77. The molecule has 9 nitrogen and oxygen atoms in total. The van der Waals surface area contributed by atoms with Gasteiger partial charge in [0.05, 0.1) is 0 Å². The zero-order valence-corrected chi connectivity index (χ0v) is 18.0. The predicted octanol–water partition coefficient (Wildman–Crippen LogP) is 1.34. The SMILES string of the molecule is C=C[C@@H](OCOC)[C@H](O)C#Cc1ccccc1.[C-]#[O+].[C-]#[O+].[C-]#[O+].[C-]#[O+].[C-]#[O+].[C-]#[O+].[Co].[Co]. The molecule has 2 atom stereocenters. The summed E-state index contributed by atoms with van der Waals surface area (Å²) in [7, 11) is 1.52.